The SMILES string of the molecule is O=C(CSc1nc2cccnc2n1Cc1ccc(F)cc1)NC(CO)c1ccccc1. The monoisotopic (exact) mass is 436 g/mol. The van der Waals surface area contributed by atoms with Crippen LogP contribution in [0.5, 0.6) is 0 Å². The molecule has 2 heterocycles. The maximum atomic E-state index is 13.3. The van der Waals surface area contributed by atoms with E-state index in [9.17, 15) is 14.3 Å². The van der Waals surface area contributed by atoms with Crippen molar-refractivity contribution in [1.82, 2.24) is 19.9 Å². The summed E-state index contributed by atoms with van der Waals surface area (Å²) in [5, 5.41) is 13.2. The molecule has 1 unspecified atom stereocenters. The first kappa shape index (κ1) is 21.0. The second-order valence-corrected chi connectivity index (χ2v) is 7.90. The molecular formula is C23H21FN4O2S. The van der Waals surface area contributed by atoms with Gasteiger partial charge in [0.15, 0.2) is 10.8 Å². The number of hydrogen-bond acceptors (Lipinski definition) is 5. The van der Waals surface area contributed by atoms with Crippen LogP contribution in [0.4, 0.5) is 4.39 Å². The molecule has 0 spiro atoms. The van der Waals surface area contributed by atoms with Gasteiger partial charge in [-0.05, 0) is 35.4 Å². The molecule has 2 aromatic carbocycles. The first-order valence-electron chi connectivity index (χ1n) is 9.77. The summed E-state index contributed by atoms with van der Waals surface area (Å²) in [6.45, 7) is 0.272. The third kappa shape index (κ3) is 5.10. The smallest absolute Gasteiger partial charge is 0.231 e. The van der Waals surface area contributed by atoms with Gasteiger partial charge < -0.3 is 10.4 Å². The highest BCUT2D eigenvalue weighted by Crippen LogP contribution is 2.24. The van der Waals surface area contributed by atoms with Gasteiger partial charge in [-0.2, -0.15) is 0 Å². The van der Waals surface area contributed by atoms with E-state index >= 15 is 0 Å². The van der Waals surface area contributed by atoms with Crippen LogP contribution in [0.15, 0.2) is 78.1 Å². The zero-order valence-electron chi connectivity index (χ0n) is 16.6. The fourth-order valence-electron chi connectivity index (χ4n) is 3.25. The Bertz CT molecular complexity index is 1170. The van der Waals surface area contributed by atoms with Crippen molar-refractivity contribution in [2.45, 2.75) is 17.7 Å². The van der Waals surface area contributed by atoms with Crippen LogP contribution in [-0.2, 0) is 11.3 Å². The molecule has 6 nitrogen and oxygen atoms in total. The summed E-state index contributed by atoms with van der Waals surface area (Å²) >= 11 is 1.30. The highest BCUT2D eigenvalue weighted by molar-refractivity contribution is 7.99. The van der Waals surface area contributed by atoms with Crippen molar-refractivity contribution in [3.8, 4) is 0 Å². The van der Waals surface area contributed by atoms with Crippen LogP contribution >= 0.6 is 11.8 Å². The molecule has 0 saturated heterocycles. The fraction of sp³-hybridized carbons (Fsp3) is 0.174. The van der Waals surface area contributed by atoms with Gasteiger partial charge >= 0.3 is 0 Å². The third-order valence-corrected chi connectivity index (χ3v) is 5.75. The van der Waals surface area contributed by atoms with Gasteiger partial charge in [0.1, 0.15) is 11.3 Å². The predicted octanol–water partition coefficient (Wildman–Crippen LogP) is 3.56. The average molecular weight is 437 g/mol. The van der Waals surface area contributed by atoms with E-state index < -0.39 is 6.04 Å². The number of benzene rings is 2. The Labute approximate surface area is 183 Å². The highest BCUT2D eigenvalue weighted by Gasteiger charge is 2.17. The lowest BCUT2D eigenvalue weighted by molar-refractivity contribution is -0.119. The van der Waals surface area contributed by atoms with E-state index in [4.69, 9.17) is 0 Å². The van der Waals surface area contributed by atoms with E-state index in [0.717, 1.165) is 16.6 Å². The van der Waals surface area contributed by atoms with E-state index in [1.165, 1.54) is 23.9 Å². The first-order chi connectivity index (χ1) is 15.1. The quantitative estimate of drug-likeness (QED) is 0.413. The number of fused-ring (bicyclic) bond motifs is 1. The number of pyridine rings is 1. The second kappa shape index (κ2) is 9.72. The lowest BCUT2D eigenvalue weighted by Gasteiger charge is -2.16. The normalized spacial score (nSPS) is 12.1. The standard InChI is InChI=1S/C23H21FN4O2S/c24-18-10-8-16(9-11-18)13-28-22-19(7-4-12-25-22)27-23(28)31-15-21(30)26-20(14-29)17-5-2-1-3-6-17/h1-12,20,29H,13-15H2,(H,26,30). The fourth-order valence-corrected chi connectivity index (χ4v) is 4.06. The number of imidazole rings is 1. The van der Waals surface area contributed by atoms with E-state index in [2.05, 4.69) is 15.3 Å². The van der Waals surface area contributed by atoms with Crippen molar-refractivity contribution in [1.29, 1.82) is 0 Å². The van der Waals surface area contributed by atoms with Crippen molar-refractivity contribution in [2.75, 3.05) is 12.4 Å². The van der Waals surface area contributed by atoms with Gasteiger partial charge in [-0.1, -0.05) is 54.2 Å². The molecule has 0 saturated carbocycles. The molecule has 1 atom stereocenters. The molecule has 0 aliphatic rings. The molecule has 0 aliphatic heterocycles. The van der Waals surface area contributed by atoms with E-state index in [1.807, 2.05) is 47.0 Å². The van der Waals surface area contributed by atoms with Crippen LogP contribution in [0.2, 0.25) is 0 Å². The van der Waals surface area contributed by atoms with Gasteiger partial charge in [-0.3, -0.25) is 9.36 Å². The number of aromatic nitrogens is 3. The summed E-state index contributed by atoms with van der Waals surface area (Å²) in [4.78, 5) is 21.6. The Morgan fingerprint density at radius 2 is 1.87 bits per heavy atom. The summed E-state index contributed by atoms with van der Waals surface area (Å²) in [6, 6.07) is 18.8. The minimum Gasteiger partial charge on any atom is -0.394 e. The van der Waals surface area contributed by atoms with Gasteiger partial charge in [-0.15, -0.1) is 0 Å². The maximum Gasteiger partial charge on any atom is 0.231 e. The number of carbonyl (C=O) groups is 1. The molecule has 8 heteroatoms. The number of amides is 1. The van der Waals surface area contributed by atoms with E-state index in [0.29, 0.717) is 17.3 Å². The number of thioether (sulfide) groups is 1. The average Bonchev–Trinajstić information content (AvgIpc) is 3.15. The molecule has 0 bridgehead atoms. The van der Waals surface area contributed by atoms with Crippen LogP contribution in [0.1, 0.15) is 17.2 Å². The van der Waals surface area contributed by atoms with Crippen molar-refractivity contribution in [2.24, 2.45) is 0 Å². The minimum absolute atomic E-state index is 0.135. The van der Waals surface area contributed by atoms with Gasteiger partial charge in [0, 0.05) is 6.20 Å². The molecule has 158 valence electrons. The molecular weight excluding hydrogens is 415 g/mol. The second-order valence-electron chi connectivity index (χ2n) is 6.96. The number of hydrogen-bond donors (Lipinski definition) is 2. The Morgan fingerprint density at radius 3 is 2.61 bits per heavy atom. The molecule has 1 amide bonds. The lowest BCUT2D eigenvalue weighted by Crippen LogP contribution is -2.32. The summed E-state index contributed by atoms with van der Waals surface area (Å²) in [5.74, 6) is -0.363. The molecule has 0 fully saturated rings. The topological polar surface area (TPSA) is 80.0 Å². The number of rotatable bonds is 8. The summed E-state index contributed by atoms with van der Waals surface area (Å²) in [5.41, 5.74) is 3.18. The zero-order chi connectivity index (χ0) is 21.6. The molecule has 0 radical (unpaired) electrons. The Balaban J connectivity index is 1.50. The predicted molar refractivity (Wildman–Crippen MR) is 118 cm³/mol. The lowest BCUT2D eigenvalue weighted by atomic mass is 10.1. The largest absolute Gasteiger partial charge is 0.394 e. The van der Waals surface area contributed by atoms with Crippen LogP contribution < -0.4 is 5.32 Å². The Morgan fingerprint density at radius 1 is 1.10 bits per heavy atom. The maximum absolute atomic E-state index is 13.3. The Hall–Kier alpha value is -3.23. The van der Waals surface area contributed by atoms with Gasteiger partial charge in [0.25, 0.3) is 0 Å². The van der Waals surface area contributed by atoms with Crippen LogP contribution in [0.3, 0.4) is 0 Å². The number of nitrogens with zero attached hydrogens (tertiary/aromatic N) is 3. The minimum atomic E-state index is -0.464. The van der Waals surface area contributed by atoms with E-state index in [-0.39, 0.29) is 24.1 Å². The van der Waals surface area contributed by atoms with Crippen molar-refractivity contribution in [3.63, 3.8) is 0 Å². The van der Waals surface area contributed by atoms with E-state index in [1.54, 1.807) is 18.3 Å². The molecule has 4 aromatic rings. The van der Waals surface area contributed by atoms with Gasteiger partial charge in [0.05, 0.1) is 24.9 Å². The number of aliphatic hydroxyl groups is 1. The number of carbonyl (C=O) groups excluding carboxylic acids is 1. The first-order valence-corrected chi connectivity index (χ1v) is 10.8. The Kier molecular flexibility index (Phi) is 6.59. The molecule has 4 rings (SSSR count). The van der Waals surface area contributed by atoms with Crippen LogP contribution in [0, 0.1) is 5.82 Å². The number of halogens is 1. The summed E-state index contributed by atoms with van der Waals surface area (Å²) in [7, 11) is 0. The van der Waals surface area contributed by atoms with Gasteiger partial charge in [0.2, 0.25) is 5.91 Å². The van der Waals surface area contributed by atoms with Gasteiger partial charge in [-0.25, -0.2) is 14.4 Å². The zero-order valence-corrected chi connectivity index (χ0v) is 17.4. The number of aliphatic hydroxyl groups excluding tert-OH is 1. The van der Waals surface area contributed by atoms with Crippen molar-refractivity contribution < 1.29 is 14.3 Å². The third-order valence-electron chi connectivity index (χ3n) is 4.77. The summed E-state index contributed by atoms with van der Waals surface area (Å²) in [6.07, 6.45) is 1.69. The molecule has 0 aliphatic carbocycles. The molecule has 2 aromatic heterocycles. The molecule has 31 heavy (non-hydrogen) atoms. The van der Waals surface area contributed by atoms with Crippen molar-refractivity contribution in [3.05, 3.63) is 89.9 Å². The molecule has 2 N–H and O–H groups in total. The number of nitrogens with one attached hydrogen (secondary N) is 1. The van der Waals surface area contributed by atoms with Crippen LogP contribution in [-0.4, -0.2) is 37.9 Å². The highest BCUT2D eigenvalue weighted by atomic mass is 32.2. The summed E-state index contributed by atoms with van der Waals surface area (Å²) < 4.78 is 15.2. The van der Waals surface area contributed by atoms with Crippen molar-refractivity contribution >= 4 is 28.8 Å². The van der Waals surface area contributed by atoms with Crippen LogP contribution in [0.25, 0.3) is 11.2 Å².